The van der Waals surface area contributed by atoms with Gasteiger partial charge in [-0.25, -0.2) is 4.79 Å². The topological polar surface area (TPSA) is 136 Å². The van der Waals surface area contributed by atoms with E-state index in [0.29, 0.717) is 12.0 Å². The lowest BCUT2D eigenvalue weighted by Crippen LogP contribution is -2.37. The summed E-state index contributed by atoms with van der Waals surface area (Å²) < 4.78 is 5.07. The van der Waals surface area contributed by atoms with Crippen LogP contribution in [0.3, 0.4) is 0 Å². The number of aryl methyl sites for hydroxylation is 1. The average Bonchev–Trinajstić information content (AvgIpc) is 3.48. The smallest absolute Gasteiger partial charge is 0.338 e. The highest BCUT2D eigenvalue weighted by Crippen LogP contribution is 2.59. The van der Waals surface area contributed by atoms with E-state index in [1.807, 2.05) is 0 Å². The maximum Gasteiger partial charge on any atom is 0.338 e. The lowest BCUT2D eigenvalue weighted by Gasteiger charge is -2.28. The molecule has 0 unspecified atom stereocenters. The van der Waals surface area contributed by atoms with E-state index < -0.39 is 35.2 Å². The number of amides is 3. The van der Waals surface area contributed by atoms with E-state index in [0.717, 1.165) is 4.90 Å². The zero-order valence-corrected chi connectivity index (χ0v) is 20.9. The zero-order chi connectivity index (χ0) is 26.6. The molecule has 1 saturated heterocycles. The number of fused-ring (bicyclic) bond motifs is 5. The number of hydrogen-bond donors (Lipinski definition) is 1. The Morgan fingerprint density at radius 1 is 1.08 bits per heavy atom. The summed E-state index contributed by atoms with van der Waals surface area (Å²) in [6, 6.07) is 10.1. The molecular formula is C25H21Cl2N3O7. The second-order valence-electron chi connectivity index (χ2n) is 9.45. The Bertz CT molecular complexity index is 1320. The van der Waals surface area contributed by atoms with Crippen molar-refractivity contribution in [3.63, 3.8) is 0 Å². The monoisotopic (exact) mass is 545 g/mol. The lowest BCUT2D eigenvalue weighted by molar-refractivity contribution is -0.385. The molecule has 0 spiro atoms. The standard InChI is InChI=1S/C25H21Cl2N3O7/c1-11-5-6-13(8-17(11)30(35)36)28-18(31)10-37-25(34)12-3-2-4-14(7-12)29-23(32)19-15-9-16(20(19)24(29)33)22(27)21(15)26/h2-8,15-16,19-22H,9-10H2,1H3,(H,28,31)/t15-,16-,19-,20-,21-,22+/m1/s1. The normalized spacial score (nSPS) is 27.8. The molecule has 37 heavy (non-hydrogen) atoms. The van der Waals surface area contributed by atoms with Gasteiger partial charge in [-0.2, -0.15) is 0 Å². The van der Waals surface area contributed by atoms with Gasteiger partial charge in [0.15, 0.2) is 6.61 Å². The van der Waals surface area contributed by atoms with Crippen molar-refractivity contribution < 1.29 is 28.8 Å². The van der Waals surface area contributed by atoms with Gasteiger partial charge in [0.05, 0.1) is 38.8 Å². The number of halogens is 2. The lowest BCUT2D eigenvalue weighted by atomic mass is 9.80. The third kappa shape index (κ3) is 4.23. The van der Waals surface area contributed by atoms with Crippen LogP contribution in [0, 0.1) is 40.7 Å². The summed E-state index contributed by atoms with van der Waals surface area (Å²) in [6.07, 6.45) is 0.646. The largest absolute Gasteiger partial charge is 0.452 e. The molecule has 3 amide bonds. The van der Waals surface area contributed by atoms with Gasteiger partial charge >= 0.3 is 5.97 Å². The maximum absolute atomic E-state index is 13.2. The van der Waals surface area contributed by atoms with Crippen LogP contribution in [0.5, 0.6) is 0 Å². The number of nitro groups is 1. The number of imide groups is 1. The summed E-state index contributed by atoms with van der Waals surface area (Å²) in [4.78, 5) is 62.8. The molecule has 192 valence electrons. The number of ether oxygens (including phenoxy) is 1. The van der Waals surface area contributed by atoms with E-state index >= 15 is 0 Å². The first-order chi connectivity index (χ1) is 17.6. The van der Waals surface area contributed by atoms with Gasteiger partial charge in [0.25, 0.3) is 11.6 Å². The number of carbonyl (C=O) groups excluding carboxylic acids is 4. The van der Waals surface area contributed by atoms with Gasteiger partial charge in [0, 0.05) is 17.3 Å². The highest BCUT2D eigenvalue weighted by atomic mass is 35.5. The average molecular weight is 546 g/mol. The Morgan fingerprint density at radius 3 is 2.35 bits per heavy atom. The van der Waals surface area contributed by atoms with Crippen molar-refractivity contribution in [2.45, 2.75) is 24.1 Å². The molecule has 1 heterocycles. The van der Waals surface area contributed by atoms with Crippen molar-refractivity contribution in [3.8, 4) is 0 Å². The minimum Gasteiger partial charge on any atom is -0.452 e. The minimum absolute atomic E-state index is 0.0438. The summed E-state index contributed by atoms with van der Waals surface area (Å²) in [6.45, 7) is 0.927. The van der Waals surface area contributed by atoms with Gasteiger partial charge in [-0.1, -0.05) is 12.1 Å². The van der Waals surface area contributed by atoms with Crippen LogP contribution in [-0.4, -0.2) is 46.0 Å². The van der Waals surface area contributed by atoms with Crippen molar-refractivity contribution in [3.05, 3.63) is 63.7 Å². The van der Waals surface area contributed by atoms with E-state index in [1.165, 1.54) is 36.4 Å². The highest BCUT2D eigenvalue weighted by molar-refractivity contribution is 6.32. The Hall–Kier alpha value is -3.50. The van der Waals surface area contributed by atoms with Gasteiger partial charge in [-0.15, -0.1) is 23.2 Å². The van der Waals surface area contributed by atoms with Gasteiger partial charge in [0.1, 0.15) is 0 Å². The third-order valence-electron chi connectivity index (χ3n) is 7.35. The van der Waals surface area contributed by atoms with Gasteiger partial charge in [-0.3, -0.25) is 29.4 Å². The van der Waals surface area contributed by atoms with E-state index in [4.69, 9.17) is 27.9 Å². The molecule has 2 aromatic carbocycles. The summed E-state index contributed by atoms with van der Waals surface area (Å²) in [5.41, 5.74) is 0.738. The molecule has 2 aliphatic carbocycles. The molecule has 2 bridgehead atoms. The number of esters is 1. The number of nitro benzene ring substituents is 1. The fraction of sp³-hybridized carbons (Fsp3) is 0.360. The Morgan fingerprint density at radius 2 is 1.73 bits per heavy atom. The minimum atomic E-state index is -0.840. The first kappa shape index (κ1) is 25.2. The predicted octanol–water partition coefficient (Wildman–Crippen LogP) is 3.67. The number of nitrogens with one attached hydrogen (secondary N) is 1. The number of nitrogens with zero attached hydrogens (tertiary/aromatic N) is 2. The van der Waals surface area contributed by atoms with Crippen LogP contribution in [0.15, 0.2) is 42.5 Å². The zero-order valence-electron chi connectivity index (χ0n) is 19.4. The number of carbonyl (C=O) groups is 4. The molecule has 1 aliphatic heterocycles. The number of benzene rings is 2. The fourth-order valence-corrected chi connectivity index (χ4v) is 6.56. The molecule has 2 saturated carbocycles. The Balaban J connectivity index is 1.25. The molecule has 3 aliphatic rings. The van der Waals surface area contributed by atoms with Crippen molar-refractivity contribution in [2.24, 2.45) is 23.7 Å². The Kier molecular flexibility index (Phi) is 6.41. The van der Waals surface area contributed by atoms with Gasteiger partial charge < -0.3 is 10.1 Å². The number of rotatable bonds is 6. The quantitative estimate of drug-likeness (QED) is 0.192. The third-order valence-corrected chi connectivity index (χ3v) is 8.67. The molecule has 2 aromatic rings. The molecule has 12 heteroatoms. The molecule has 5 rings (SSSR count). The molecule has 10 nitrogen and oxygen atoms in total. The first-order valence-electron chi connectivity index (χ1n) is 11.6. The van der Waals surface area contributed by atoms with Crippen molar-refractivity contribution >= 4 is 64.0 Å². The molecule has 0 aromatic heterocycles. The molecule has 1 N–H and O–H groups in total. The maximum atomic E-state index is 13.2. The molecule has 6 atom stereocenters. The van der Waals surface area contributed by atoms with Crippen LogP contribution in [-0.2, 0) is 19.1 Å². The first-order valence-corrected chi connectivity index (χ1v) is 12.4. The Labute approximate surface area is 221 Å². The van der Waals surface area contributed by atoms with E-state index in [9.17, 15) is 29.3 Å². The second-order valence-corrected chi connectivity index (χ2v) is 10.5. The highest BCUT2D eigenvalue weighted by Gasteiger charge is 2.66. The SMILES string of the molecule is Cc1ccc(NC(=O)COC(=O)c2cccc(N3C(=O)[C@@H]4[C@H]5C[C@@H]([C@@H](Cl)[C@H]5Cl)[C@H]4C3=O)c2)cc1[N+](=O)[O-]. The predicted molar refractivity (Wildman–Crippen MR) is 134 cm³/mol. The van der Waals surface area contributed by atoms with Gasteiger partial charge in [0.2, 0.25) is 11.8 Å². The van der Waals surface area contributed by atoms with Crippen LogP contribution in [0.4, 0.5) is 17.1 Å². The second kappa shape index (κ2) is 9.42. The van der Waals surface area contributed by atoms with Crippen LogP contribution in [0.25, 0.3) is 0 Å². The van der Waals surface area contributed by atoms with Crippen molar-refractivity contribution in [1.29, 1.82) is 0 Å². The van der Waals surface area contributed by atoms with E-state index in [1.54, 1.807) is 13.0 Å². The van der Waals surface area contributed by atoms with Crippen LogP contribution in [0.1, 0.15) is 22.3 Å². The summed E-state index contributed by atoms with van der Waals surface area (Å²) in [7, 11) is 0. The molecule has 3 fully saturated rings. The number of hydrogen-bond acceptors (Lipinski definition) is 7. The number of alkyl halides is 2. The van der Waals surface area contributed by atoms with Crippen molar-refractivity contribution in [2.75, 3.05) is 16.8 Å². The summed E-state index contributed by atoms with van der Waals surface area (Å²) in [5.74, 6) is -3.61. The fourth-order valence-electron chi connectivity index (χ4n) is 5.67. The number of anilines is 2. The van der Waals surface area contributed by atoms with Crippen LogP contribution >= 0.6 is 23.2 Å². The van der Waals surface area contributed by atoms with E-state index in [-0.39, 0.29) is 57.0 Å². The van der Waals surface area contributed by atoms with E-state index in [2.05, 4.69) is 5.32 Å². The van der Waals surface area contributed by atoms with Crippen LogP contribution in [0.2, 0.25) is 0 Å². The molecular weight excluding hydrogens is 525 g/mol. The summed E-state index contributed by atoms with van der Waals surface area (Å²) >= 11 is 12.8. The van der Waals surface area contributed by atoms with Crippen LogP contribution < -0.4 is 10.2 Å². The molecule has 0 radical (unpaired) electrons. The summed E-state index contributed by atoms with van der Waals surface area (Å²) in [5, 5.41) is 12.8. The van der Waals surface area contributed by atoms with Gasteiger partial charge in [-0.05, 0) is 49.4 Å². The van der Waals surface area contributed by atoms with Crippen molar-refractivity contribution in [1.82, 2.24) is 0 Å².